The van der Waals surface area contributed by atoms with E-state index in [9.17, 15) is 0 Å². The highest BCUT2D eigenvalue weighted by molar-refractivity contribution is 5.81. The molecular weight excluding hydrogens is 362 g/mol. The molecule has 154 valence electrons. The average Bonchev–Trinajstić information content (AvgIpc) is 3.28. The van der Waals surface area contributed by atoms with E-state index >= 15 is 0 Å². The summed E-state index contributed by atoms with van der Waals surface area (Å²) in [5.74, 6) is -0.323. The van der Waals surface area contributed by atoms with Gasteiger partial charge in [0.1, 0.15) is 30.2 Å². The van der Waals surface area contributed by atoms with E-state index in [4.69, 9.17) is 25.7 Å². The molecule has 0 amide bonds. The number of rotatable bonds is 7. The normalized spacial score (nSPS) is 29.0. The molecule has 4 atom stereocenters. The van der Waals surface area contributed by atoms with Gasteiger partial charge < -0.3 is 30.6 Å². The molecule has 0 bridgehead atoms. The minimum atomic E-state index is -0.669. The van der Waals surface area contributed by atoms with Crippen LogP contribution in [0.2, 0.25) is 0 Å². The predicted molar refractivity (Wildman–Crippen MR) is 103 cm³/mol. The zero-order valence-electron chi connectivity index (χ0n) is 16.6. The van der Waals surface area contributed by atoms with Crippen molar-refractivity contribution in [2.24, 2.45) is 5.73 Å². The fourth-order valence-electron chi connectivity index (χ4n) is 4.01. The summed E-state index contributed by atoms with van der Waals surface area (Å²) < 4.78 is 20.6. The van der Waals surface area contributed by atoms with Gasteiger partial charge in [-0.15, -0.1) is 0 Å². The lowest BCUT2D eigenvalue weighted by Crippen LogP contribution is -2.38. The van der Waals surface area contributed by atoms with E-state index in [0.29, 0.717) is 23.5 Å². The van der Waals surface area contributed by atoms with Crippen molar-refractivity contribution in [2.45, 2.75) is 57.0 Å². The van der Waals surface area contributed by atoms with Crippen LogP contribution in [0.15, 0.2) is 12.7 Å². The number of unbranched alkanes of at least 4 members (excludes halogenated alkanes) is 1. The number of likely N-dealkylation sites (N-methyl/N-ethyl adjacent to an activating group) is 1. The zero-order chi connectivity index (χ0) is 19.9. The standard InChI is InChI=1S/C18H29N7O3/c1-18(2)27-13-11(8-24(3)7-5-4-6-19)26-17(14(13)28-18)25-10-23-12-15(20)21-9-22-16(12)25/h9-11,13-14,17H,4-8,19H2,1-3H3,(H2,20,21,22)/t11-,13-,14-,17-/m1/s1. The molecule has 0 unspecified atom stereocenters. The Bertz CT molecular complexity index is 827. The number of nitrogens with zero attached hydrogens (tertiary/aromatic N) is 5. The molecular formula is C18H29N7O3. The number of anilines is 1. The zero-order valence-corrected chi connectivity index (χ0v) is 16.6. The number of aromatic nitrogens is 4. The lowest BCUT2D eigenvalue weighted by atomic mass is 10.1. The fraction of sp³-hybridized carbons (Fsp3) is 0.722. The first-order chi connectivity index (χ1) is 13.4. The molecule has 4 N–H and O–H groups in total. The third-order valence-electron chi connectivity index (χ3n) is 5.27. The predicted octanol–water partition coefficient (Wildman–Crippen LogP) is 0.497. The van der Waals surface area contributed by atoms with Crippen molar-refractivity contribution in [1.82, 2.24) is 24.4 Å². The maximum atomic E-state index is 6.40. The highest BCUT2D eigenvalue weighted by Gasteiger charge is 2.56. The molecule has 0 radical (unpaired) electrons. The molecule has 0 saturated carbocycles. The van der Waals surface area contributed by atoms with Crippen molar-refractivity contribution < 1.29 is 14.2 Å². The summed E-state index contributed by atoms with van der Waals surface area (Å²) in [4.78, 5) is 15.0. The molecule has 2 aliphatic heterocycles. The Labute approximate surface area is 164 Å². The minimum Gasteiger partial charge on any atom is -0.382 e. The maximum Gasteiger partial charge on any atom is 0.167 e. The van der Waals surface area contributed by atoms with E-state index in [1.54, 1.807) is 6.33 Å². The SMILES string of the molecule is CN(CCCCN)C[C@H]1O[C@@H](n2cnc3c(N)ncnc32)[C@@H]2OC(C)(C)O[C@@H]21. The molecule has 2 aliphatic rings. The van der Waals surface area contributed by atoms with E-state index in [-0.39, 0.29) is 18.3 Å². The molecule has 10 nitrogen and oxygen atoms in total. The van der Waals surface area contributed by atoms with Crippen LogP contribution in [-0.4, -0.2) is 75.2 Å². The second-order valence-corrected chi connectivity index (χ2v) is 7.97. The van der Waals surface area contributed by atoms with Crippen molar-refractivity contribution in [1.29, 1.82) is 0 Å². The summed E-state index contributed by atoms with van der Waals surface area (Å²) in [5, 5.41) is 0. The Hall–Kier alpha value is -1.85. The van der Waals surface area contributed by atoms with Gasteiger partial charge in [-0.05, 0) is 46.8 Å². The van der Waals surface area contributed by atoms with Crippen molar-refractivity contribution in [2.75, 3.05) is 32.4 Å². The van der Waals surface area contributed by atoms with Crippen LogP contribution in [0.5, 0.6) is 0 Å². The number of nitrogen functional groups attached to an aromatic ring is 1. The molecule has 2 aromatic rings. The van der Waals surface area contributed by atoms with Crippen molar-refractivity contribution in [3.05, 3.63) is 12.7 Å². The molecule has 2 aromatic heterocycles. The van der Waals surface area contributed by atoms with E-state index in [1.165, 1.54) is 6.33 Å². The Morgan fingerprint density at radius 3 is 2.75 bits per heavy atom. The number of ether oxygens (including phenoxy) is 3. The van der Waals surface area contributed by atoms with E-state index in [0.717, 1.165) is 25.9 Å². The van der Waals surface area contributed by atoms with Crippen molar-refractivity contribution in [3.63, 3.8) is 0 Å². The van der Waals surface area contributed by atoms with Gasteiger partial charge >= 0.3 is 0 Å². The topological polar surface area (TPSA) is 127 Å². The third kappa shape index (κ3) is 3.58. The Kier molecular flexibility index (Phi) is 5.23. The molecule has 0 spiro atoms. The first-order valence-corrected chi connectivity index (χ1v) is 9.72. The van der Waals surface area contributed by atoms with Crippen LogP contribution in [0.25, 0.3) is 11.2 Å². The van der Waals surface area contributed by atoms with Gasteiger partial charge in [0.15, 0.2) is 23.5 Å². The Morgan fingerprint density at radius 2 is 1.96 bits per heavy atom. The monoisotopic (exact) mass is 391 g/mol. The molecule has 4 rings (SSSR count). The molecule has 0 aromatic carbocycles. The van der Waals surface area contributed by atoms with Crippen LogP contribution in [-0.2, 0) is 14.2 Å². The van der Waals surface area contributed by atoms with Gasteiger partial charge in [0.25, 0.3) is 0 Å². The summed E-state index contributed by atoms with van der Waals surface area (Å²) >= 11 is 0. The van der Waals surface area contributed by atoms with E-state index in [1.807, 2.05) is 18.4 Å². The first kappa shape index (κ1) is 19.5. The summed E-state index contributed by atoms with van der Waals surface area (Å²) in [5.41, 5.74) is 12.7. The number of nitrogens with two attached hydrogens (primary N) is 2. The van der Waals surface area contributed by atoms with Crippen LogP contribution in [0, 0.1) is 0 Å². The van der Waals surface area contributed by atoms with Gasteiger partial charge in [-0.25, -0.2) is 15.0 Å². The third-order valence-corrected chi connectivity index (χ3v) is 5.27. The summed E-state index contributed by atoms with van der Waals surface area (Å²) in [6.07, 6.45) is 4.23. The summed E-state index contributed by atoms with van der Waals surface area (Å²) in [6.45, 7) is 6.27. The van der Waals surface area contributed by atoms with E-state index in [2.05, 4.69) is 26.9 Å². The summed E-state index contributed by atoms with van der Waals surface area (Å²) in [6, 6.07) is 0. The summed E-state index contributed by atoms with van der Waals surface area (Å²) in [7, 11) is 2.09. The molecule has 2 fully saturated rings. The van der Waals surface area contributed by atoms with Crippen LogP contribution < -0.4 is 11.5 Å². The van der Waals surface area contributed by atoms with Crippen LogP contribution in [0.4, 0.5) is 5.82 Å². The number of hydrogen-bond acceptors (Lipinski definition) is 9. The second-order valence-electron chi connectivity index (χ2n) is 7.97. The lowest BCUT2D eigenvalue weighted by Gasteiger charge is -2.27. The van der Waals surface area contributed by atoms with Gasteiger partial charge in [-0.1, -0.05) is 0 Å². The van der Waals surface area contributed by atoms with Crippen LogP contribution >= 0.6 is 0 Å². The van der Waals surface area contributed by atoms with E-state index < -0.39 is 12.0 Å². The molecule has 28 heavy (non-hydrogen) atoms. The minimum absolute atomic E-state index is 0.128. The Balaban J connectivity index is 1.57. The maximum absolute atomic E-state index is 6.40. The number of fused-ring (bicyclic) bond motifs is 2. The van der Waals surface area contributed by atoms with Crippen LogP contribution in [0.3, 0.4) is 0 Å². The number of imidazole rings is 1. The highest BCUT2D eigenvalue weighted by atomic mass is 16.8. The molecule has 4 heterocycles. The second kappa shape index (κ2) is 7.53. The van der Waals surface area contributed by atoms with Gasteiger partial charge in [0, 0.05) is 6.54 Å². The van der Waals surface area contributed by atoms with Crippen LogP contribution in [0.1, 0.15) is 32.9 Å². The largest absolute Gasteiger partial charge is 0.382 e. The van der Waals surface area contributed by atoms with Crippen molar-refractivity contribution >= 4 is 17.0 Å². The van der Waals surface area contributed by atoms with Gasteiger partial charge in [-0.2, -0.15) is 0 Å². The smallest absolute Gasteiger partial charge is 0.167 e. The quantitative estimate of drug-likeness (QED) is 0.649. The Morgan fingerprint density at radius 1 is 1.18 bits per heavy atom. The van der Waals surface area contributed by atoms with Gasteiger partial charge in [-0.3, -0.25) is 4.57 Å². The van der Waals surface area contributed by atoms with Crippen molar-refractivity contribution in [3.8, 4) is 0 Å². The molecule has 2 saturated heterocycles. The molecule has 10 heteroatoms. The lowest BCUT2D eigenvalue weighted by molar-refractivity contribution is -0.197. The van der Waals surface area contributed by atoms with Gasteiger partial charge in [0.2, 0.25) is 0 Å². The highest BCUT2D eigenvalue weighted by Crippen LogP contribution is 2.43. The number of hydrogen-bond donors (Lipinski definition) is 2. The first-order valence-electron chi connectivity index (χ1n) is 9.72. The fourth-order valence-corrected chi connectivity index (χ4v) is 4.01. The molecule has 0 aliphatic carbocycles. The average molecular weight is 391 g/mol. The van der Waals surface area contributed by atoms with Gasteiger partial charge in [0.05, 0.1) is 6.33 Å².